The Balaban J connectivity index is 1.40. The molecule has 27 heavy (non-hydrogen) atoms. The molecule has 5 rings (SSSR count). The van der Waals surface area contributed by atoms with Crippen LogP contribution in [0.5, 0.6) is 5.75 Å². The van der Waals surface area contributed by atoms with Crippen LogP contribution in [-0.4, -0.2) is 32.7 Å². The molecule has 3 heterocycles. The van der Waals surface area contributed by atoms with Crippen molar-refractivity contribution in [3.05, 3.63) is 65.7 Å². The van der Waals surface area contributed by atoms with Gasteiger partial charge in [0.15, 0.2) is 5.82 Å². The molecule has 1 amide bonds. The lowest BCUT2D eigenvalue weighted by Gasteiger charge is -2.05. The Morgan fingerprint density at radius 3 is 2.93 bits per heavy atom. The Labute approximate surface area is 154 Å². The average Bonchev–Trinajstić information content (AvgIpc) is 3.36. The van der Waals surface area contributed by atoms with Crippen LogP contribution in [0, 0.1) is 0 Å². The van der Waals surface area contributed by atoms with E-state index in [0.717, 1.165) is 28.6 Å². The van der Waals surface area contributed by atoms with Crippen molar-refractivity contribution in [1.82, 2.24) is 20.2 Å². The van der Waals surface area contributed by atoms with Gasteiger partial charge in [0.1, 0.15) is 11.4 Å². The number of aromatic nitrogens is 4. The number of amides is 1. The second-order valence-electron chi connectivity index (χ2n) is 6.23. The van der Waals surface area contributed by atoms with Gasteiger partial charge in [-0.2, -0.15) is 4.98 Å². The molecule has 2 aromatic heterocycles. The van der Waals surface area contributed by atoms with Crippen LogP contribution in [0.2, 0.25) is 0 Å². The van der Waals surface area contributed by atoms with Crippen LogP contribution in [0.25, 0.3) is 22.4 Å². The van der Waals surface area contributed by atoms with E-state index in [-0.39, 0.29) is 11.9 Å². The standard InChI is InChI=1S/C20H15N5O2/c26-19(14-5-3-7-17-13(14)10-11-27-17)23-20-22-18(24-25-20)16-9-8-12-4-1-2-6-15(12)21-16/h1-9H,10-11H2,(H2,22,23,24,25,26). The highest BCUT2D eigenvalue weighted by Crippen LogP contribution is 2.28. The first kappa shape index (κ1) is 15.5. The molecular formula is C20H15N5O2. The lowest BCUT2D eigenvalue weighted by atomic mass is 10.0. The molecule has 1 aliphatic heterocycles. The minimum atomic E-state index is -0.255. The molecule has 2 aromatic carbocycles. The van der Waals surface area contributed by atoms with Gasteiger partial charge in [-0.15, -0.1) is 5.10 Å². The fourth-order valence-electron chi connectivity index (χ4n) is 3.23. The lowest BCUT2D eigenvalue weighted by Crippen LogP contribution is -2.14. The predicted octanol–water partition coefficient (Wildman–Crippen LogP) is 3.21. The highest BCUT2D eigenvalue weighted by Gasteiger charge is 2.21. The van der Waals surface area contributed by atoms with Gasteiger partial charge in [0.25, 0.3) is 5.91 Å². The van der Waals surface area contributed by atoms with Gasteiger partial charge in [0.05, 0.1) is 12.1 Å². The van der Waals surface area contributed by atoms with Crippen molar-refractivity contribution in [1.29, 1.82) is 0 Å². The number of fused-ring (bicyclic) bond motifs is 2. The van der Waals surface area contributed by atoms with Gasteiger partial charge >= 0.3 is 0 Å². The first-order chi connectivity index (χ1) is 13.3. The largest absolute Gasteiger partial charge is 0.493 e. The highest BCUT2D eigenvalue weighted by atomic mass is 16.5. The Hall–Kier alpha value is -3.74. The quantitative estimate of drug-likeness (QED) is 0.587. The van der Waals surface area contributed by atoms with Crippen molar-refractivity contribution in [2.45, 2.75) is 6.42 Å². The molecule has 0 atom stereocenters. The summed E-state index contributed by atoms with van der Waals surface area (Å²) in [7, 11) is 0. The van der Waals surface area contributed by atoms with E-state index in [9.17, 15) is 4.79 Å². The van der Waals surface area contributed by atoms with E-state index < -0.39 is 0 Å². The molecule has 0 saturated heterocycles. The van der Waals surface area contributed by atoms with Gasteiger partial charge in [-0.05, 0) is 24.3 Å². The molecule has 0 radical (unpaired) electrons. The number of nitrogens with one attached hydrogen (secondary N) is 2. The minimum Gasteiger partial charge on any atom is -0.493 e. The van der Waals surface area contributed by atoms with Gasteiger partial charge in [0, 0.05) is 22.9 Å². The van der Waals surface area contributed by atoms with Crippen molar-refractivity contribution in [3.8, 4) is 17.3 Å². The zero-order valence-electron chi connectivity index (χ0n) is 14.3. The van der Waals surface area contributed by atoms with Crippen LogP contribution in [-0.2, 0) is 6.42 Å². The van der Waals surface area contributed by atoms with E-state index in [1.165, 1.54) is 0 Å². The van der Waals surface area contributed by atoms with Crippen molar-refractivity contribution >= 4 is 22.8 Å². The summed E-state index contributed by atoms with van der Waals surface area (Å²) in [6.45, 7) is 0.595. The molecule has 2 N–H and O–H groups in total. The third kappa shape index (κ3) is 2.79. The summed E-state index contributed by atoms with van der Waals surface area (Å²) in [6, 6.07) is 17.2. The number of para-hydroxylation sites is 1. The zero-order valence-corrected chi connectivity index (χ0v) is 14.3. The number of benzene rings is 2. The fraction of sp³-hybridized carbons (Fsp3) is 0.100. The first-order valence-electron chi connectivity index (χ1n) is 8.62. The van der Waals surface area contributed by atoms with Gasteiger partial charge in [-0.25, -0.2) is 4.98 Å². The topological polar surface area (TPSA) is 92.8 Å². The Kier molecular flexibility index (Phi) is 3.57. The van der Waals surface area contributed by atoms with E-state index in [2.05, 4.69) is 25.5 Å². The van der Waals surface area contributed by atoms with Crippen LogP contribution >= 0.6 is 0 Å². The number of hydrogen-bond acceptors (Lipinski definition) is 5. The Morgan fingerprint density at radius 1 is 1.04 bits per heavy atom. The molecule has 132 valence electrons. The van der Waals surface area contributed by atoms with Gasteiger partial charge < -0.3 is 4.74 Å². The van der Waals surface area contributed by atoms with Crippen molar-refractivity contribution in [3.63, 3.8) is 0 Å². The molecular weight excluding hydrogens is 342 g/mol. The van der Waals surface area contributed by atoms with E-state index in [0.29, 0.717) is 23.7 Å². The number of carbonyl (C=O) groups is 1. The molecule has 0 bridgehead atoms. The molecule has 0 spiro atoms. The first-order valence-corrected chi connectivity index (χ1v) is 8.62. The lowest BCUT2D eigenvalue weighted by molar-refractivity contribution is 0.102. The molecule has 7 heteroatoms. The molecule has 1 aliphatic rings. The fourth-order valence-corrected chi connectivity index (χ4v) is 3.23. The maximum absolute atomic E-state index is 12.6. The molecule has 0 aliphatic carbocycles. The van der Waals surface area contributed by atoms with Crippen LogP contribution in [0.3, 0.4) is 0 Å². The summed E-state index contributed by atoms with van der Waals surface area (Å²) in [5.41, 5.74) is 3.04. The number of ether oxygens (including phenoxy) is 1. The normalized spacial score (nSPS) is 12.6. The second-order valence-corrected chi connectivity index (χ2v) is 6.23. The van der Waals surface area contributed by atoms with Crippen molar-refractivity contribution in [2.24, 2.45) is 0 Å². The summed E-state index contributed by atoms with van der Waals surface area (Å²) in [5, 5.41) is 10.7. The van der Waals surface area contributed by atoms with Crippen LogP contribution in [0.1, 0.15) is 15.9 Å². The van der Waals surface area contributed by atoms with Crippen LogP contribution < -0.4 is 10.1 Å². The zero-order chi connectivity index (χ0) is 18.2. The van der Waals surface area contributed by atoms with E-state index in [4.69, 9.17) is 4.74 Å². The summed E-state index contributed by atoms with van der Waals surface area (Å²) >= 11 is 0. The van der Waals surface area contributed by atoms with Crippen LogP contribution in [0.15, 0.2) is 54.6 Å². The summed E-state index contributed by atoms with van der Waals surface area (Å²) in [4.78, 5) is 21.6. The molecule has 0 saturated carbocycles. The highest BCUT2D eigenvalue weighted by molar-refractivity contribution is 6.05. The Bertz CT molecular complexity index is 1170. The number of nitrogens with zero attached hydrogens (tertiary/aromatic N) is 3. The van der Waals surface area contributed by atoms with Gasteiger partial charge in [0.2, 0.25) is 5.95 Å². The number of H-pyrrole nitrogens is 1. The third-order valence-corrected chi connectivity index (χ3v) is 4.54. The van der Waals surface area contributed by atoms with Gasteiger partial charge in [-0.3, -0.25) is 15.2 Å². The number of carbonyl (C=O) groups excluding carboxylic acids is 1. The monoisotopic (exact) mass is 357 g/mol. The summed E-state index contributed by atoms with van der Waals surface area (Å²) in [5.74, 6) is 1.22. The summed E-state index contributed by atoms with van der Waals surface area (Å²) in [6.07, 6.45) is 0.721. The predicted molar refractivity (Wildman–Crippen MR) is 101 cm³/mol. The number of pyridine rings is 1. The number of anilines is 1. The van der Waals surface area contributed by atoms with E-state index in [1.807, 2.05) is 48.5 Å². The average molecular weight is 357 g/mol. The number of rotatable bonds is 3. The van der Waals surface area contributed by atoms with E-state index in [1.54, 1.807) is 6.07 Å². The molecule has 4 aromatic rings. The summed E-state index contributed by atoms with van der Waals surface area (Å²) < 4.78 is 5.51. The number of hydrogen-bond donors (Lipinski definition) is 2. The van der Waals surface area contributed by atoms with Crippen molar-refractivity contribution in [2.75, 3.05) is 11.9 Å². The number of aromatic amines is 1. The molecule has 0 unspecified atom stereocenters. The van der Waals surface area contributed by atoms with E-state index >= 15 is 0 Å². The molecule has 0 fully saturated rings. The van der Waals surface area contributed by atoms with Crippen molar-refractivity contribution < 1.29 is 9.53 Å². The maximum Gasteiger partial charge on any atom is 0.258 e. The second kappa shape index (κ2) is 6.21. The molecule has 7 nitrogen and oxygen atoms in total. The van der Waals surface area contributed by atoms with Gasteiger partial charge in [-0.1, -0.05) is 30.3 Å². The smallest absolute Gasteiger partial charge is 0.258 e. The SMILES string of the molecule is O=C(Nc1n[nH]c(-c2ccc3ccccc3n2)n1)c1cccc2c1CCO2. The third-order valence-electron chi connectivity index (χ3n) is 4.54. The Morgan fingerprint density at radius 2 is 1.96 bits per heavy atom. The maximum atomic E-state index is 12.6. The van der Waals surface area contributed by atoms with Crippen LogP contribution in [0.4, 0.5) is 5.95 Å². The minimum absolute atomic E-state index is 0.210.